The maximum Gasteiger partial charge on any atom is -0.00855 e. The van der Waals surface area contributed by atoms with Gasteiger partial charge in [0.2, 0.25) is 0 Å². The minimum Gasteiger partial charge on any atom is -0.131 e. The SMILES string of the molecule is CS[PH](C)=S. The summed E-state index contributed by atoms with van der Waals surface area (Å²) in [5, 5.41) is 0. The summed E-state index contributed by atoms with van der Waals surface area (Å²) in [6, 6.07) is 0. The number of hydrogen-bond acceptors (Lipinski definition) is 2. The van der Waals surface area contributed by atoms with Crippen LogP contribution in [0.5, 0.6) is 0 Å². The van der Waals surface area contributed by atoms with Crippen molar-refractivity contribution in [1.82, 2.24) is 0 Å². The highest BCUT2D eigenvalue weighted by atomic mass is 32.9. The van der Waals surface area contributed by atoms with Gasteiger partial charge < -0.3 is 0 Å². The van der Waals surface area contributed by atoms with Crippen molar-refractivity contribution < 1.29 is 0 Å². The first kappa shape index (κ1) is 6.00. The standard InChI is InChI=1S/C2H7PS2/c1-3(4)5-2/h3H,1-2H3. The summed E-state index contributed by atoms with van der Waals surface area (Å²) in [6.07, 6.45) is 2.06. The van der Waals surface area contributed by atoms with Crippen LogP contribution in [0.2, 0.25) is 0 Å². The van der Waals surface area contributed by atoms with Gasteiger partial charge in [-0.15, -0.1) is 11.4 Å². The predicted molar refractivity (Wildman–Crippen MR) is 35.1 cm³/mol. The fourth-order valence-corrected chi connectivity index (χ4v) is 0. The van der Waals surface area contributed by atoms with Gasteiger partial charge in [0.05, 0.1) is 0 Å². The van der Waals surface area contributed by atoms with E-state index < -0.39 is 0 Å². The van der Waals surface area contributed by atoms with Gasteiger partial charge in [0, 0.05) is 0 Å². The van der Waals surface area contributed by atoms with Crippen molar-refractivity contribution in [2.45, 2.75) is 0 Å². The van der Waals surface area contributed by atoms with Crippen molar-refractivity contribution in [3.8, 4) is 0 Å². The van der Waals surface area contributed by atoms with Gasteiger partial charge >= 0.3 is 0 Å². The number of rotatable bonds is 1. The molecule has 0 rings (SSSR count). The molecule has 0 nitrogen and oxygen atoms in total. The Labute approximate surface area is 42.5 Å². The van der Waals surface area contributed by atoms with Gasteiger partial charge in [0.25, 0.3) is 0 Å². The van der Waals surface area contributed by atoms with Crippen LogP contribution in [0.25, 0.3) is 0 Å². The van der Waals surface area contributed by atoms with Crippen molar-refractivity contribution in [3.63, 3.8) is 0 Å². The molecule has 0 N–H and O–H groups in total. The van der Waals surface area contributed by atoms with Crippen molar-refractivity contribution in [2.75, 3.05) is 12.9 Å². The first-order valence-electron chi connectivity index (χ1n) is 1.32. The summed E-state index contributed by atoms with van der Waals surface area (Å²) in [5.41, 5.74) is 0. The van der Waals surface area contributed by atoms with Crippen molar-refractivity contribution in [1.29, 1.82) is 0 Å². The smallest absolute Gasteiger partial charge is 0.00855 e. The molecule has 0 aliphatic heterocycles. The molecule has 0 aliphatic rings. The van der Waals surface area contributed by atoms with Gasteiger partial charge in [0.1, 0.15) is 0 Å². The topological polar surface area (TPSA) is 0 Å². The zero-order chi connectivity index (χ0) is 4.28. The minimum atomic E-state index is -0.374. The highest BCUT2D eigenvalue weighted by Crippen LogP contribution is 2.29. The van der Waals surface area contributed by atoms with E-state index in [1.165, 1.54) is 0 Å². The van der Waals surface area contributed by atoms with Crippen LogP contribution in [0.15, 0.2) is 0 Å². The van der Waals surface area contributed by atoms with Crippen molar-refractivity contribution in [2.24, 2.45) is 0 Å². The lowest BCUT2D eigenvalue weighted by molar-refractivity contribution is 2.48. The van der Waals surface area contributed by atoms with Crippen molar-refractivity contribution >= 4 is 29.1 Å². The van der Waals surface area contributed by atoms with Gasteiger partial charge in [-0.3, -0.25) is 0 Å². The molecule has 0 aromatic rings. The van der Waals surface area contributed by atoms with E-state index in [9.17, 15) is 0 Å². The fraction of sp³-hybridized carbons (Fsp3) is 1.00. The van der Waals surface area contributed by atoms with Crippen LogP contribution in [-0.4, -0.2) is 12.9 Å². The molecule has 0 saturated heterocycles. The average molecular weight is 126 g/mol. The Bertz CT molecular complexity index is 42.9. The molecule has 32 valence electrons. The summed E-state index contributed by atoms with van der Waals surface area (Å²) in [7, 11) is 0. The number of hydrogen-bond donors (Lipinski definition) is 0. The second-order valence-electron chi connectivity index (χ2n) is 0.696. The van der Waals surface area contributed by atoms with E-state index in [4.69, 9.17) is 11.8 Å². The predicted octanol–water partition coefficient (Wildman–Crippen LogP) is 1.57. The molecule has 0 aromatic heterocycles. The van der Waals surface area contributed by atoms with Crippen LogP contribution in [0.4, 0.5) is 0 Å². The van der Waals surface area contributed by atoms with Gasteiger partial charge in [-0.1, -0.05) is 11.8 Å². The average Bonchev–Trinajstić information content (AvgIpc) is 1.38. The van der Waals surface area contributed by atoms with Crippen LogP contribution in [-0.2, 0) is 11.8 Å². The lowest BCUT2D eigenvalue weighted by atomic mass is 12.0. The molecule has 3 heteroatoms. The molecule has 5 heavy (non-hydrogen) atoms. The Morgan fingerprint density at radius 3 is 2.00 bits per heavy atom. The molecule has 0 aliphatic carbocycles. The molecule has 0 radical (unpaired) electrons. The van der Waals surface area contributed by atoms with Gasteiger partial charge in [-0.25, -0.2) is 0 Å². The Kier molecular flexibility index (Phi) is 3.84. The third kappa shape index (κ3) is 5.00. The fourth-order valence-electron chi connectivity index (χ4n) is 0. The monoisotopic (exact) mass is 126 g/mol. The summed E-state index contributed by atoms with van der Waals surface area (Å²) in [5.74, 6) is -0.374. The second-order valence-corrected chi connectivity index (χ2v) is 7.76. The van der Waals surface area contributed by atoms with E-state index in [1.807, 2.05) is 0 Å². The molecule has 0 heterocycles. The summed E-state index contributed by atoms with van der Waals surface area (Å²) in [6.45, 7) is 2.10. The molecule has 1 atom stereocenters. The third-order valence-electron chi connectivity index (χ3n) is 0.287. The maximum atomic E-state index is 4.84. The Morgan fingerprint density at radius 2 is 2.00 bits per heavy atom. The van der Waals surface area contributed by atoms with Crippen LogP contribution in [0.3, 0.4) is 0 Å². The summed E-state index contributed by atoms with van der Waals surface area (Å²) >= 11 is 6.64. The summed E-state index contributed by atoms with van der Waals surface area (Å²) < 4.78 is 0. The molecule has 1 unspecified atom stereocenters. The first-order valence-corrected chi connectivity index (χ1v) is 6.40. The van der Waals surface area contributed by atoms with E-state index in [0.717, 1.165) is 0 Å². The van der Waals surface area contributed by atoms with E-state index >= 15 is 0 Å². The van der Waals surface area contributed by atoms with Crippen LogP contribution >= 0.6 is 17.3 Å². The van der Waals surface area contributed by atoms with Crippen LogP contribution in [0, 0.1) is 0 Å². The van der Waals surface area contributed by atoms with Gasteiger partial charge in [0.15, 0.2) is 0 Å². The zero-order valence-corrected chi connectivity index (χ0v) is 5.95. The van der Waals surface area contributed by atoms with E-state index in [-0.39, 0.29) is 5.90 Å². The molecule has 0 bridgehead atoms. The van der Waals surface area contributed by atoms with Crippen molar-refractivity contribution in [3.05, 3.63) is 0 Å². The quantitative estimate of drug-likeness (QED) is 0.489. The molecule has 0 aromatic carbocycles. The highest BCUT2D eigenvalue weighted by molar-refractivity contribution is 8.63. The van der Waals surface area contributed by atoms with Gasteiger partial charge in [-0.2, -0.15) is 0 Å². The van der Waals surface area contributed by atoms with Gasteiger partial charge in [-0.05, 0) is 18.8 Å². The zero-order valence-electron chi connectivity index (χ0n) is 3.32. The third-order valence-corrected chi connectivity index (χ3v) is 4.09. The molecule has 0 spiro atoms. The van der Waals surface area contributed by atoms with Crippen LogP contribution in [0.1, 0.15) is 0 Å². The Balaban J connectivity index is 2.85. The lowest BCUT2D eigenvalue weighted by Crippen LogP contribution is -1.33. The Morgan fingerprint density at radius 1 is 1.80 bits per heavy atom. The second kappa shape index (κ2) is 3.20. The van der Waals surface area contributed by atoms with E-state index in [2.05, 4.69) is 12.9 Å². The normalized spacial score (nSPS) is 14.8. The molecular formula is C2H7PS2. The molecule has 0 fully saturated rings. The lowest BCUT2D eigenvalue weighted by Gasteiger charge is -1.79. The highest BCUT2D eigenvalue weighted by Gasteiger charge is 1.68. The molecule has 0 amide bonds. The summed E-state index contributed by atoms with van der Waals surface area (Å²) in [4.78, 5) is 0. The van der Waals surface area contributed by atoms with E-state index in [0.29, 0.717) is 0 Å². The molecule has 0 saturated carbocycles. The minimum absolute atomic E-state index is 0.374. The Hall–Kier alpha value is 1.00. The molecular weight excluding hydrogens is 119 g/mol. The maximum absolute atomic E-state index is 4.84. The largest absolute Gasteiger partial charge is 0.131 e. The van der Waals surface area contributed by atoms with E-state index in [1.54, 1.807) is 11.4 Å². The first-order chi connectivity index (χ1) is 2.27. The van der Waals surface area contributed by atoms with Crippen LogP contribution < -0.4 is 0 Å².